The molecule has 1 aliphatic heterocycles. The van der Waals surface area contributed by atoms with Crippen LogP contribution in [0.15, 0.2) is 30.3 Å². The van der Waals surface area contributed by atoms with E-state index in [0.717, 1.165) is 24.7 Å². The van der Waals surface area contributed by atoms with Crippen molar-refractivity contribution in [3.63, 3.8) is 0 Å². The SMILES string of the molecule is OC1CC(CN2CC(c3ccccc3)C2)C1. The molecule has 0 unspecified atom stereocenters. The Morgan fingerprint density at radius 3 is 2.44 bits per heavy atom. The van der Waals surface area contributed by atoms with E-state index in [0.29, 0.717) is 0 Å². The second-order valence-corrected chi connectivity index (χ2v) is 5.32. The van der Waals surface area contributed by atoms with E-state index in [1.807, 2.05) is 0 Å². The topological polar surface area (TPSA) is 23.5 Å². The fraction of sp³-hybridized carbons (Fsp3) is 0.571. The van der Waals surface area contributed by atoms with E-state index in [1.54, 1.807) is 0 Å². The van der Waals surface area contributed by atoms with E-state index in [9.17, 15) is 5.11 Å². The number of likely N-dealkylation sites (tertiary alicyclic amines) is 1. The number of rotatable bonds is 3. The number of hydrogen-bond donors (Lipinski definition) is 1. The van der Waals surface area contributed by atoms with E-state index in [1.165, 1.54) is 25.2 Å². The van der Waals surface area contributed by atoms with Gasteiger partial charge in [-0.25, -0.2) is 0 Å². The van der Waals surface area contributed by atoms with Gasteiger partial charge in [-0.15, -0.1) is 0 Å². The van der Waals surface area contributed by atoms with Gasteiger partial charge >= 0.3 is 0 Å². The number of hydrogen-bond acceptors (Lipinski definition) is 2. The molecule has 1 saturated heterocycles. The maximum atomic E-state index is 9.23. The molecule has 0 atom stereocenters. The van der Waals surface area contributed by atoms with Crippen molar-refractivity contribution in [3.8, 4) is 0 Å². The highest BCUT2D eigenvalue weighted by Gasteiger charge is 2.34. The van der Waals surface area contributed by atoms with Gasteiger partial charge in [-0.05, 0) is 24.3 Å². The molecule has 1 saturated carbocycles. The molecule has 0 bridgehead atoms. The smallest absolute Gasteiger partial charge is 0.0546 e. The van der Waals surface area contributed by atoms with Crippen LogP contribution in [0.4, 0.5) is 0 Å². The number of aliphatic hydroxyl groups is 1. The summed E-state index contributed by atoms with van der Waals surface area (Å²) in [5.74, 6) is 1.50. The fourth-order valence-corrected chi connectivity index (χ4v) is 2.87. The van der Waals surface area contributed by atoms with Crippen molar-refractivity contribution in [2.75, 3.05) is 19.6 Å². The second-order valence-electron chi connectivity index (χ2n) is 5.32. The molecular formula is C14H19NO. The van der Waals surface area contributed by atoms with E-state index < -0.39 is 0 Å². The molecule has 1 N–H and O–H groups in total. The summed E-state index contributed by atoms with van der Waals surface area (Å²) in [4.78, 5) is 2.52. The maximum absolute atomic E-state index is 9.23. The molecule has 0 radical (unpaired) electrons. The average molecular weight is 217 g/mol. The van der Waals surface area contributed by atoms with E-state index >= 15 is 0 Å². The van der Waals surface area contributed by atoms with Crippen molar-refractivity contribution in [1.82, 2.24) is 4.90 Å². The van der Waals surface area contributed by atoms with Gasteiger partial charge in [0.05, 0.1) is 6.10 Å². The minimum Gasteiger partial charge on any atom is -0.393 e. The third kappa shape index (κ3) is 2.00. The Hall–Kier alpha value is -0.860. The first kappa shape index (κ1) is 10.3. The van der Waals surface area contributed by atoms with E-state index in [4.69, 9.17) is 0 Å². The van der Waals surface area contributed by atoms with Crippen LogP contribution in [0.2, 0.25) is 0 Å². The largest absolute Gasteiger partial charge is 0.393 e. The van der Waals surface area contributed by atoms with Gasteiger partial charge in [0.15, 0.2) is 0 Å². The van der Waals surface area contributed by atoms with Crippen LogP contribution in [0, 0.1) is 5.92 Å². The Morgan fingerprint density at radius 1 is 1.12 bits per heavy atom. The highest BCUT2D eigenvalue weighted by atomic mass is 16.3. The molecule has 0 amide bonds. The molecule has 2 heteroatoms. The summed E-state index contributed by atoms with van der Waals surface area (Å²) in [7, 11) is 0. The molecule has 16 heavy (non-hydrogen) atoms. The van der Waals surface area contributed by atoms with Gasteiger partial charge in [0.1, 0.15) is 0 Å². The van der Waals surface area contributed by atoms with Crippen LogP contribution in [-0.2, 0) is 0 Å². The van der Waals surface area contributed by atoms with Gasteiger partial charge in [-0.3, -0.25) is 0 Å². The average Bonchev–Trinajstić information content (AvgIpc) is 2.21. The van der Waals surface area contributed by atoms with E-state index in [-0.39, 0.29) is 6.10 Å². The Balaban J connectivity index is 1.45. The van der Waals surface area contributed by atoms with Gasteiger partial charge < -0.3 is 10.0 Å². The van der Waals surface area contributed by atoms with Crippen molar-refractivity contribution in [2.45, 2.75) is 24.9 Å². The van der Waals surface area contributed by atoms with Crippen molar-refractivity contribution in [3.05, 3.63) is 35.9 Å². The monoisotopic (exact) mass is 217 g/mol. The summed E-state index contributed by atoms with van der Waals surface area (Å²) in [5.41, 5.74) is 1.48. The lowest BCUT2D eigenvalue weighted by Crippen LogP contribution is -2.49. The number of benzene rings is 1. The molecule has 2 fully saturated rings. The van der Waals surface area contributed by atoms with Crippen LogP contribution in [0.1, 0.15) is 24.3 Å². The zero-order valence-corrected chi connectivity index (χ0v) is 9.55. The summed E-state index contributed by atoms with van der Waals surface area (Å²) in [6, 6.07) is 10.8. The summed E-state index contributed by atoms with van der Waals surface area (Å²) in [5, 5.41) is 9.23. The molecule has 0 aromatic heterocycles. The molecule has 3 rings (SSSR count). The van der Waals surface area contributed by atoms with Crippen LogP contribution in [0.5, 0.6) is 0 Å². The highest BCUT2D eigenvalue weighted by molar-refractivity contribution is 5.22. The maximum Gasteiger partial charge on any atom is 0.0546 e. The molecule has 1 heterocycles. The zero-order chi connectivity index (χ0) is 11.0. The normalized spacial score (nSPS) is 30.8. The Labute approximate surface area is 96.9 Å². The van der Waals surface area contributed by atoms with Crippen molar-refractivity contribution < 1.29 is 5.11 Å². The molecular weight excluding hydrogens is 198 g/mol. The van der Waals surface area contributed by atoms with Crippen LogP contribution in [-0.4, -0.2) is 35.7 Å². The molecule has 0 spiro atoms. The van der Waals surface area contributed by atoms with Crippen LogP contribution >= 0.6 is 0 Å². The highest BCUT2D eigenvalue weighted by Crippen LogP contribution is 2.32. The van der Waals surface area contributed by atoms with Crippen LogP contribution in [0.25, 0.3) is 0 Å². The summed E-state index contributed by atoms with van der Waals surface area (Å²) < 4.78 is 0. The molecule has 2 nitrogen and oxygen atoms in total. The second kappa shape index (κ2) is 4.19. The van der Waals surface area contributed by atoms with Crippen molar-refractivity contribution in [1.29, 1.82) is 0 Å². The quantitative estimate of drug-likeness (QED) is 0.835. The minimum absolute atomic E-state index is 0.00352. The van der Waals surface area contributed by atoms with Gasteiger partial charge in [0, 0.05) is 25.6 Å². The fourth-order valence-electron chi connectivity index (χ4n) is 2.87. The number of nitrogens with zero attached hydrogens (tertiary/aromatic N) is 1. The predicted octanol–water partition coefficient (Wildman–Crippen LogP) is 1.86. The summed E-state index contributed by atoms with van der Waals surface area (Å²) >= 11 is 0. The molecule has 86 valence electrons. The Kier molecular flexibility index (Phi) is 2.70. The third-order valence-electron chi connectivity index (χ3n) is 3.96. The van der Waals surface area contributed by atoms with E-state index in [2.05, 4.69) is 35.2 Å². The third-order valence-corrected chi connectivity index (χ3v) is 3.96. The Bertz CT molecular complexity index is 339. The lowest BCUT2D eigenvalue weighted by atomic mass is 9.80. The van der Waals surface area contributed by atoms with Gasteiger partial charge in [0.2, 0.25) is 0 Å². The minimum atomic E-state index is -0.00352. The zero-order valence-electron chi connectivity index (χ0n) is 9.55. The molecule has 1 aliphatic carbocycles. The lowest BCUT2D eigenvalue weighted by Gasteiger charge is -2.44. The van der Waals surface area contributed by atoms with Crippen LogP contribution in [0.3, 0.4) is 0 Å². The summed E-state index contributed by atoms with van der Waals surface area (Å²) in [6.07, 6.45) is 2.04. The standard InChI is InChI=1S/C14H19NO/c16-14-6-11(7-14)8-15-9-13(10-15)12-4-2-1-3-5-12/h1-5,11,13-14,16H,6-10H2. The number of aliphatic hydroxyl groups excluding tert-OH is 1. The molecule has 1 aromatic rings. The molecule has 1 aromatic carbocycles. The molecule has 2 aliphatic rings. The van der Waals surface area contributed by atoms with Crippen LogP contribution < -0.4 is 0 Å². The van der Waals surface area contributed by atoms with Gasteiger partial charge in [-0.1, -0.05) is 30.3 Å². The Morgan fingerprint density at radius 2 is 1.81 bits per heavy atom. The predicted molar refractivity (Wildman–Crippen MR) is 64.4 cm³/mol. The first-order valence-electron chi connectivity index (χ1n) is 6.26. The van der Waals surface area contributed by atoms with Crippen molar-refractivity contribution in [2.24, 2.45) is 5.92 Å². The first-order chi connectivity index (χ1) is 7.81. The summed E-state index contributed by atoms with van der Waals surface area (Å²) in [6.45, 7) is 3.60. The first-order valence-corrected chi connectivity index (χ1v) is 6.26. The lowest BCUT2D eigenvalue weighted by molar-refractivity contribution is 0.00856. The van der Waals surface area contributed by atoms with Gasteiger partial charge in [0.25, 0.3) is 0 Å². The van der Waals surface area contributed by atoms with Crippen molar-refractivity contribution >= 4 is 0 Å². The van der Waals surface area contributed by atoms with Gasteiger partial charge in [-0.2, -0.15) is 0 Å².